The van der Waals surface area contributed by atoms with Gasteiger partial charge in [-0.2, -0.15) is 0 Å². The molecule has 2 rings (SSSR count). The fraction of sp³-hybridized carbons (Fsp3) is 0.609. The van der Waals surface area contributed by atoms with Crippen LogP contribution in [0.1, 0.15) is 53.5 Å². The number of likely N-dealkylation sites (N-methyl/N-ethyl adjacent to an activating group) is 1. The lowest BCUT2D eigenvalue weighted by molar-refractivity contribution is -0.142. The number of nitrogens with zero attached hydrogens (tertiary/aromatic N) is 1. The number of hydrogen-bond donors (Lipinski definition) is 0. The molecule has 0 bridgehead atoms. The summed E-state index contributed by atoms with van der Waals surface area (Å²) in [6.45, 7) is 13.3. The number of rotatable bonds is 7. The van der Waals surface area contributed by atoms with Crippen molar-refractivity contribution in [1.82, 2.24) is 4.90 Å². The van der Waals surface area contributed by atoms with Gasteiger partial charge in [-0.05, 0) is 42.1 Å². The Morgan fingerprint density at radius 3 is 2.15 bits per heavy atom. The lowest BCUT2D eigenvalue weighted by atomic mass is 9.98. The van der Waals surface area contributed by atoms with E-state index in [-0.39, 0.29) is 18.1 Å². The van der Waals surface area contributed by atoms with Gasteiger partial charge < -0.3 is 4.43 Å². The van der Waals surface area contributed by atoms with E-state index in [0.29, 0.717) is 16.6 Å². The molecule has 1 aliphatic rings. The van der Waals surface area contributed by atoms with Gasteiger partial charge in [-0.1, -0.05) is 84.0 Å². The molecule has 150 valence electrons. The van der Waals surface area contributed by atoms with E-state index in [0.717, 1.165) is 12.8 Å². The standard InChI is InChI=1S/C23H37NO2Si/c1-17(2)27(18(3)4,19(5)6)26-23(25)22-15-11-14-21(24(22)7)16-20-12-9-8-10-13-20/h8-14,17-19,21-22H,15-16H2,1-7H3/t21-,22+/m1/s1. The van der Waals surface area contributed by atoms with E-state index >= 15 is 0 Å². The Hall–Kier alpha value is -1.39. The first-order valence-corrected chi connectivity index (χ1v) is 12.5. The summed E-state index contributed by atoms with van der Waals surface area (Å²) in [4.78, 5) is 15.5. The summed E-state index contributed by atoms with van der Waals surface area (Å²) in [5.74, 6) is -0.0253. The Morgan fingerprint density at radius 2 is 1.63 bits per heavy atom. The zero-order valence-electron chi connectivity index (χ0n) is 18.1. The highest BCUT2D eigenvalue weighted by molar-refractivity contribution is 6.79. The minimum atomic E-state index is -2.20. The molecule has 1 aromatic rings. The van der Waals surface area contributed by atoms with Crippen molar-refractivity contribution in [3.63, 3.8) is 0 Å². The number of carbonyl (C=O) groups is 1. The highest BCUT2D eigenvalue weighted by atomic mass is 28.4. The number of benzene rings is 1. The zero-order valence-corrected chi connectivity index (χ0v) is 19.1. The maximum atomic E-state index is 13.3. The summed E-state index contributed by atoms with van der Waals surface area (Å²) >= 11 is 0. The van der Waals surface area contributed by atoms with Crippen LogP contribution in [0.5, 0.6) is 0 Å². The van der Waals surface area contributed by atoms with E-state index in [1.54, 1.807) is 0 Å². The predicted octanol–water partition coefficient (Wildman–Crippen LogP) is 5.58. The van der Waals surface area contributed by atoms with Gasteiger partial charge in [-0.15, -0.1) is 0 Å². The SMILES string of the molecule is CC(C)[Si](OC(=O)[C@@H]1CC=C[C@H](Cc2ccccc2)N1C)(C(C)C)C(C)C. The largest absolute Gasteiger partial charge is 0.517 e. The molecule has 0 amide bonds. The van der Waals surface area contributed by atoms with Gasteiger partial charge in [0.2, 0.25) is 0 Å². The molecule has 4 heteroatoms. The third-order valence-corrected chi connectivity index (χ3v) is 12.2. The minimum absolute atomic E-state index is 0.0253. The average Bonchev–Trinajstić information content (AvgIpc) is 2.61. The van der Waals surface area contributed by atoms with Gasteiger partial charge in [0, 0.05) is 6.04 Å². The van der Waals surface area contributed by atoms with Crippen LogP contribution in [-0.2, 0) is 15.6 Å². The van der Waals surface area contributed by atoms with Gasteiger partial charge in [0.05, 0.1) is 0 Å². The molecule has 0 N–H and O–H groups in total. The molecule has 0 saturated carbocycles. The molecule has 0 saturated heterocycles. The molecular weight excluding hydrogens is 350 g/mol. The highest BCUT2D eigenvalue weighted by Crippen LogP contribution is 2.42. The Morgan fingerprint density at radius 1 is 1.07 bits per heavy atom. The molecule has 27 heavy (non-hydrogen) atoms. The Bertz CT molecular complexity index is 617. The van der Waals surface area contributed by atoms with E-state index in [9.17, 15) is 4.79 Å². The van der Waals surface area contributed by atoms with E-state index in [1.807, 2.05) is 6.07 Å². The molecule has 1 aromatic carbocycles. The van der Waals surface area contributed by atoms with Gasteiger partial charge in [0.15, 0.2) is 0 Å². The van der Waals surface area contributed by atoms with Crippen LogP contribution < -0.4 is 0 Å². The van der Waals surface area contributed by atoms with Crippen molar-refractivity contribution in [1.29, 1.82) is 0 Å². The monoisotopic (exact) mass is 387 g/mol. The highest BCUT2D eigenvalue weighted by Gasteiger charge is 2.49. The summed E-state index contributed by atoms with van der Waals surface area (Å²) in [5.41, 5.74) is 2.52. The van der Waals surface area contributed by atoms with E-state index in [1.165, 1.54) is 5.56 Å². The maximum absolute atomic E-state index is 13.3. The topological polar surface area (TPSA) is 29.5 Å². The first-order valence-electron chi connectivity index (χ1n) is 10.4. The summed E-state index contributed by atoms with van der Waals surface area (Å²) in [6, 6.07) is 10.5. The van der Waals surface area contributed by atoms with E-state index in [4.69, 9.17) is 4.43 Å². The van der Waals surface area contributed by atoms with Crippen molar-refractivity contribution in [3.8, 4) is 0 Å². The van der Waals surface area contributed by atoms with Crippen molar-refractivity contribution >= 4 is 14.3 Å². The van der Waals surface area contributed by atoms with Crippen molar-refractivity contribution in [3.05, 3.63) is 48.0 Å². The van der Waals surface area contributed by atoms with Gasteiger partial charge >= 0.3 is 5.97 Å². The Balaban J connectivity index is 2.17. The lowest BCUT2D eigenvalue weighted by Gasteiger charge is -2.44. The van der Waals surface area contributed by atoms with Crippen LogP contribution in [0.25, 0.3) is 0 Å². The van der Waals surface area contributed by atoms with Gasteiger partial charge in [-0.3, -0.25) is 9.69 Å². The normalized spacial score (nSPS) is 21.3. The predicted molar refractivity (Wildman–Crippen MR) is 116 cm³/mol. The number of hydrogen-bond acceptors (Lipinski definition) is 3. The van der Waals surface area contributed by atoms with Crippen LogP contribution in [0, 0.1) is 0 Å². The van der Waals surface area contributed by atoms with Gasteiger partial charge in [0.1, 0.15) is 6.04 Å². The zero-order chi connectivity index (χ0) is 20.2. The minimum Gasteiger partial charge on any atom is -0.517 e. The van der Waals surface area contributed by atoms with Crippen LogP contribution in [0.2, 0.25) is 16.6 Å². The van der Waals surface area contributed by atoms with Crippen molar-refractivity contribution in [2.45, 2.75) is 83.1 Å². The third-order valence-electron chi connectivity index (χ3n) is 6.28. The molecule has 0 unspecified atom stereocenters. The quantitative estimate of drug-likeness (QED) is 0.452. The molecule has 3 nitrogen and oxygen atoms in total. The summed E-state index contributed by atoms with van der Waals surface area (Å²) < 4.78 is 6.46. The van der Waals surface area contributed by atoms with Gasteiger partial charge in [0.25, 0.3) is 8.32 Å². The average molecular weight is 388 g/mol. The summed E-state index contributed by atoms with van der Waals surface area (Å²) in [5, 5.41) is 0. The van der Waals surface area contributed by atoms with Crippen LogP contribution in [0.3, 0.4) is 0 Å². The molecule has 0 aromatic heterocycles. The second kappa shape index (κ2) is 9.20. The number of carbonyl (C=O) groups excluding carboxylic acids is 1. The molecule has 1 aliphatic heterocycles. The molecule has 0 radical (unpaired) electrons. The van der Waals surface area contributed by atoms with Crippen LogP contribution in [0.15, 0.2) is 42.5 Å². The third kappa shape index (κ3) is 4.72. The molecule has 0 spiro atoms. The second-order valence-corrected chi connectivity index (χ2v) is 14.2. The molecule has 0 fully saturated rings. The van der Waals surface area contributed by atoms with E-state index in [2.05, 4.69) is 89.9 Å². The van der Waals surface area contributed by atoms with Crippen LogP contribution in [0.4, 0.5) is 0 Å². The fourth-order valence-corrected chi connectivity index (χ4v) is 10.0. The lowest BCUT2D eigenvalue weighted by Crippen LogP contribution is -2.54. The second-order valence-electron chi connectivity index (χ2n) is 8.84. The first-order chi connectivity index (χ1) is 12.7. The maximum Gasteiger partial charge on any atom is 0.310 e. The first kappa shape index (κ1) is 21.9. The Labute approximate surface area is 166 Å². The molecule has 1 heterocycles. The van der Waals surface area contributed by atoms with Crippen molar-refractivity contribution < 1.29 is 9.22 Å². The Kier molecular flexibility index (Phi) is 7.46. The molecule has 2 atom stereocenters. The fourth-order valence-electron chi connectivity index (χ4n) is 4.82. The van der Waals surface area contributed by atoms with Crippen LogP contribution >= 0.6 is 0 Å². The van der Waals surface area contributed by atoms with E-state index < -0.39 is 8.32 Å². The summed E-state index contributed by atoms with van der Waals surface area (Å²) in [6.07, 6.45) is 6.04. The van der Waals surface area contributed by atoms with Gasteiger partial charge in [-0.25, -0.2) is 0 Å². The molecule has 0 aliphatic carbocycles. The van der Waals surface area contributed by atoms with Crippen LogP contribution in [-0.4, -0.2) is 38.3 Å². The van der Waals surface area contributed by atoms with Crippen molar-refractivity contribution in [2.75, 3.05) is 7.05 Å². The molecular formula is C23H37NO2Si. The smallest absolute Gasteiger partial charge is 0.310 e. The summed E-state index contributed by atoms with van der Waals surface area (Å²) in [7, 11) is -0.139. The van der Waals surface area contributed by atoms with Crippen molar-refractivity contribution in [2.24, 2.45) is 0 Å².